The summed E-state index contributed by atoms with van der Waals surface area (Å²) in [6, 6.07) is 19.8. The van der Waals surface area contributed by atoms with E-state index < -0.39 is 0 Å². The molecule has 4 rings (SSSR count). The van der Waals surface area contributed by atoms with Gasteiger partial charge in [0.15, 0.2) is 0 Å². The number of pyridine rings is 3. The van der Waals surface area contributed by atoms with Gasteiger partial charge < -0.3 is 5.73 Å². The second-order valence-corrected chi connectivity index (χ2v) is 5.74. The van der Waals surface area contributed by atoms with E-state index in [1.54, 1.807) is 12.4 Å². The third kappa shape index (κ3) is 3.23. The van der Waals surface area contributed by atoms with Crippen LogP contribution in [0.4, 0.5) is 5.69 Å². The number of nitrogens with zero attached hydrogens (tertiary/aromatic N) is 3. The number of benzene rings is 1. The van der Waals surface area contributed by atoms with E-state index in [9.17, 15) is 0 Å². The van der Waals surface area contributed by atoms with Crippen LogP contribution in [0, 0.1) is 0 Å². The molecule has 0 aliphatic carbocycles. The molecule has 0 saturated heterocycles. The zero-order chi connectivity index (χ0) is 17.1. The van der Waals surface area contributed by atoms with Crippen LogP contribution in [-0.4, -0.2) is 15.0 Å². The fraction of sp³-hybridized carbons (Fsp3) is 0. The minimum absolute atomic E-state index is 0.736. The third-order valence-corrected chi connectivity index (χ3v) is 3.96. The van der Waals surface area contributed by atoms with Crippen molar-refractivity contribution in [3.05, 3.63) is 85.5 Å². The SMILES string of the molecule is Nc1cccc(-c2cc(-c3cccnc3)nc(-c3cccnc3)c2)c1. The Labute approximate surface area is 146 Å². The largest absolute Gasteiger partial charge is 0.399 e. The molecular formula is C21H16N4. The molecule has 25 heavy (non-hydrogen) atoms. The van der Waals surface area contributed by atoms with Crippen LogP contribution < -0.4 is 5.73 Å². The zero-order valence-corrected chi connectivity index (χ0v) is 13.5. The summed E-state index contributed by atoms with van der Waals surface area (Å²) in [4.78, 5) is 13.2. The van der Waals surface area contributed by atoms with Crippen molar-refractivity contribution < 1.29 is 0 Å². The number of rotatable bonds is 3. The maximum atomic E-state index is 5.96. The van der Waals surface area contributed by atoms with Gasteiger partial charge in [0.25, 0.3) is 0 Å². The Morgan fingerprint density at radius 2 is 1.20 bits per heavy atom. The lowest BCUT2D eigenvalue weighted by Gasteiger charge is -2.10. The third-order valence-electron chi connectivity index (χ3n) is 3.96. The van der Waals surface area contributed by atoms with Gasteiger partial charge in [-0.1, -0.05) is 12.1 Å². The average molecular weight is 324 g/mol. The minimum atomic E-state index is 0.736. The molecule has 3 aromatic heterocycles. The molecule has 1 aromatic carbocycles. The number of hydrogen-bond acceptors (Lipinski definition) is 4. The Morgan fingerprint density at radius 3 is 1.72 bits per heavy atom. The molecule has 2 N–H and O–H groups in total. The number of nitrogens with two attached hydrogens (primary N) is 1. The highest BCUT2D eigenvalue weighted by Crippen LogP contribution is 2.30. The van der Waals surface area contributed by atoms with Gasteiger partial charge >= 0.3 is 0 Å². The Morgan fingerprint density at radius 1 is 0.600 bits per heavy atom. The first-order valence-corrected chi connectivity index (χ1v) is 7.98. The number of hydrogen-bond donors (Lipinski definition) is 1. The lowest BCUT2D eigenvalue weighted by atomic mass is 10.0. The summed E-state index contributed by atoms with van der Waals surface area (Å²) in [5.74, 6) is 0. The van der Waals surface area contributed by atoms with Crippen LogP contribution in [0.2, 0.25) is 0 Å². The van der Waals surface area contributed by atoms with E-state index >= 15 is 0 Å². The molecule has 3 heterocycles. The van der Waals surface area contributed by atoms with Crippen LogP contribution in [0.3, 0.4) is 0 Å². The summed E-state index contributed by atoms with van der Waals surface area (Å²) in [6.45, 7) is 0. The molecule has 0 amide bonds. The maximum absolute atomic E-state index is 5.96. The molecule has 0 bridgehead atoms. The topological polar surface area (TPSA) is 64.7 Å². The van der Waals surface area contributed by atoms with Gasteiger partial charge in [0.1, 0.15) is 0 Å². The van der Waals surface area contributed by atoms with E-state index in [0.717, 1.165) is 39.3 Å². The number of aromatic nitrogens is 3. The first kappa shape index (κ1) is 15.0. The van der Waals surface area contributed by atoms with Gasteiger partial charge in [-0.2, -0.15) is 0 Å². The predicted octanol–water partition coefficient (Wildman–Crippen LogP) is 4.45. The van der Waals surface area contributed by atoms with Crippen molar-refractivity contribution in [2.24, 2.45) is 0 Å². The van der Waals surface area contributed by atoms with Gasteiger partial charge in [-0.05, 0) is 59.7 Å². The highest BCUT2D eigenvalue weighted by atomic mass is 14.7. The van der Waals surface area contributed by atoms with Crippen LogP contribution in [0.5, 0.6) is 0 Å². The van der Waals surface area contributed by atoms with E-state index in [2.05, 4.69) is 22.1 Å². The summed E-state index contributed by atoms with van der Waals surface area (Å²) < 4.78 is 0. The fourth-order valence-electron chi connectivity index (χ4n) is 2.74. The predicted molar refractivity (Wildman–Crippen MR) is 101 cm³/mol. The van der Waals surface area contributed by atoms with Crippen LogP contribution in [0.15, 0.2) is 85.5 Å². The summed E-state index contributed by atoms with van der Waals surface area (Å²) in [6.07, 6.45) is 7.15. The standard InChI is InChI=1S/C21H16N4/c22-19-7-1-4-15(10-19)18-11-20(16-5-2-8-23-13-16)25-21(12-18)17-6-3-9-24-14-17/h1-14H,22H2. The molecule has 0 aliphatic rings. The van der Waals surface area contributed by atoms with Gasteiger partial charge in [-0.15, -0.1) is 0 Å². The van der Waals surface area contributed by atoms with Crippen molar-refractivity contribution in [1.82, 2.24) is 15.0 Å². The Bertz CT molecular complexity index is 941. The number of anilines is 1. The molecular weight excluding hydrogens is 308 g/mol. The molecule has 0 fully saturated rings. The molecule has 0 aliphatic heterocycles. The molecule has 0 unspecified atom stereocenters. The molecule has 0 saturated carbocycles. The highest BCUT2D eigenvalue weighted by Gasteiger charge is 2.09. The second-order valence-electron chi connectivity index (χ2n) is 5.74. The monoisotopic (exact) mass is 324 g/mol. The van der Waals surface area contributed by atoms with Crippen molar-refractivity contribution in [2.45, 2.75) is 0 Å². The molecule has 4 heteroatoms. The highest BCUT2D eigenvalue weighted by molar-refractivity contribution is 5.77. The Kier molecular flexibility index (Phi) is 3.92. The molecule has 4 nitrogen and oxygen atoms in total. The zero-order valence-electron chi connectivity index (χ0n) is 13.5. The molecule has 0 atom stereocenters. The smallest absolute Gasteiger partial charge is 0.0731 e. The molecule has 4 aromatic rings. The van der Waals surface area contributed by atoms with Crippen LogP contribution >= 0.6 is 0 Å². The van der Waals surface area contributed by atoms with Crippen LogP contribution in [-0.2, 0) is 0 Å². The average Bonchev–Trinajstić information content (AvgIpc) is 2.69. The van der Waals surface area contributed by atoms with Gasteiger partial charge in [-0.25, -0.2) is 4.98 Å². The second kappa shape index (κ2) is 6.53. The van der Waals surface area contributed by atoms with Crippen LogP contribution in [0.1, 0.15) is 0 Å². The minimum Gasteiger partial charge on any atom is -0.399 e. The molecule has 0 radical (unpaired) electrons. The van der Waals surface area contributed by atoms with Gasteiger partial charge in [-0.3, -0.25) is 9.97 Å². The van der Waals surface area contributed by atoms with E-state index in [1.165, 1.54) is 0 Å². The van der Waals surface area contributed by atoms with Crippen molar-refractivity contribution in [3.8, 4) is 33.6 Å². The van der Waals surface area contributed by atoms with E-state index in [0.29, 0.717) is 0 Å². The van der Waals surface area contributed by atoms with Crippen molar-refractivity contribution in [2.75, 3.05) is 5.73 Å². The van der Waals surface area contributed by atoms with Crippen molar-refractivity contribution in [3.63, 3.8) is 0 Å². The molecule has 0 spiro atoms. The van der Waals surface area contributed by atoms with E-state index in [4.69, 9.17) is 10.7 Å². The molecule has 120 valence electrons. The van der Waals surface area contributed by atoms with Crippen molar-refractivity contribution in [1.29, 1.82) is 0 Å². The van der Waals surface area contributed by atoms with Crippen molar-refractivity contribution >= 4 is 5.69 Å². The quantitative estimate of drug-likeness (QED) is 0.565. The van der Waals surface area contributed by atoms with E-state index in [-0.39, 0.29) is 0 Å². The Hall–Kier alpha value is -3.53. The fourth-order valence-corrected chi connectivity index (χ4v) is 2.74. The summed E-state index contributed by atoms with van der Waals surface area (Å²) in [5.41, 5.74) is 12.5. The van der Waals surface area contributed by atoms with Gasteiger partial charge in [0.05, 0.1) is 11.4 Å². The maximum Gasteiger partial charge on any atom is 0.0731 e. The first-order chi connectivity index (χ1) is 12.3. The first-order valence-electron chi connectivity index (χ1n) is 7.98. The van der Waals surface area contributed by atoms with Crippen LogP contribution in [0.25, 0.3) is 33.6 Å². The lowest BCUT2D eigenvalue weighted by Crippen LogP contribution is -1.92. The lowest BCUT2D eigenvalue weighted by molar-refractivity contribution is 1.26. The Balaban J connectivity index is 1.92. The van der Waals surface area contributed by atoms with Gasteiger partial charge in [0.2, 0.25) is 0 Å². The number of nitrogen functional groups attached to an aromatic ring is 1. The summed E-state index contributed by atoms with van der Waals surface area (Å²) >= 11 is 0. The van der Waals surface area contributed by atoms with E-state index in [1.807, 2.05) is 60.9 Å². The van der Waals surface area contributed by atoms with Gasteiger partial charge in [0, 0.05) is 41.6 Å². The summed E-state index contributed by atoms with van der Waals surface area (Å²) in [7, 11) is 0. The normalized spacial score (nSPS) is 10.6. The summed E-state index contributed by atoms with van der Waals surface area (Å²) in [5, 5.41) is 0.